The van der Waals surface area contributed by atoms with Crippen molar-refractivity contribution in [1.29, 1.82) is 0 Å². The van der Waals surface area contributed by atoms with E-state index in [9.17, 15) is 38.4 Å². The van der Waals surface area contributed by atoms with Crippen LogP contribution >= 0.6 is 0 Å². The molecule has 19 nitrogen and oxygen atoms in total. The Hall–Kier alpha value is -4.36. The Labute approximate surface area is 423 Å². The van der Waals surface area contributed by atoms with Crippen LogP contribution in [0.15, 0.2) is 0 Å². The van der Waals surface area contributed by atoms with Crippen LogP contribution in [0, 0.1) is 0 Å². The molecule has 0 aromatic carbocycles. The highest BCUT2D eigenvalue weighted by Gasteiger charge is 2.37. The monoisotopic (exact) mass is 1010 g/mol. The molecule has 0 bridgehead atoms. The molecule has 0 fully saturated rings. The van der Waals surface area contributed by atoms with Crippen molar-refractivity contribution in [2.45, 2.75) is 226 Å². The lowest BCUT2D eigenvalue weighted by atomic mass is 10.1. The van der Waals surface area contributed by atoms with Gasteiger partial charge in [0.05, 0.1) is 39.3 Å². The van der Waals surface area contributed by atoms with Gasteiger partial charge in [0.25, 0.3) is 0 Å². The van der Waals surface area contributed by atoms with Gasteiger partial charge in [-0.2, -0.15) is 0 Å². The van der Waals surface area contributed by atoms with Gasteiger partial charge in [0.1, 0.15) is 45.7 Å². The predicted molar refractivity (Wildman–Crippen MR) is 275 cm³/mol. The fourth-order valence-corrected chi connectivity index (χ4v) is 5.25. The SMILES string of the molecule is CC.CC.CC.CC.CN(CC(=O)NCC(C(=O)OC(C)(C)C)N(CC(=O)OC(C)(C)C)CC(=O)OC(C)(C)C)CC(=O)NCC(C(=O)OC(C)(C)C)N(CC(=O)OC(C)(C)C)CC(=O)OC(C)(C)C. The second kappa shape index (κ2) is 34.9. The standard InChI is InChI=1S/C43H77N5O14.4C2H6/c1-38(2,3)57-32(51)24-47(25-33(52)58-39(4,5)6)28(36(55)61-42(13,14)15)20-44-30(49)22-46(19)23-31(50)45-21-29(37(56)62-43(16,17)18)48(26-34(53)59-40(7,8)9)27-35(54)60-41(10,11)12;4*1-2/h28-29H,20-27H2,1-19H3,(H,44,49)(H,45,50);4*1-2H3. The van der Waals surface area contributed by atoms with Gasteiger partial charge >= 0.3 is 35.8 Å². The third-order valence-corrected chi connectivity index (χ3v) is 7.06. The summed E-state index contributed by atoms with van der Waals surface area (Å²) in [5.74, 6) is -5.87. The summed E-state index contributed by atoms with van der Waals surface area (Å²) in [4.78, 5) is 109. The molecule has 0 spiro atoms. The maximum absolute atomic E-state index is 13.6. The van der Waals surface area contributed by atoms with E-state index in [0.29, 0.717) is 0 Å². The molecule has 19 heteroatoms. The average molecular weight is 1010 g/mol. The molecule has 0 saturated heterocycles. The van der Waals surface area contributed by atoms with E-state index >= 15 is 0 Å². The Balaban J connectivity index is -0.00000166. The Morgan fingerprint density at radius 1 is 0.343 bits per heavy atom. The van der Waals surface area contributed by atoms with Crippen LogP contribution in [0.3, 0.4) is 0 Å². The largest absolute Gasteiger partial charge is 0.459 e. The summed E-state index contributed by atoms with van der Waals surface area (Å²) in [6.45, 7) is 42.2. The molecule has 0 saturated carbocycles. The van der Waals surface area contributed by atoms with E-state index in [1.165, 1.54) is 21.7 Å². The smallest absolute Gasteiger partial charge is 0.325 e. The van der Waals surface area contributed by atoms with Crippen molar-refractivity contribution in [3.63, 3.8) is 0 Å². The highest BCUT2D eigenvalue weighted by Crippen LogP contribution is 2.17. The van der Waals surface area contributed by atoms with Crippen LogP contribution in [-0.2, 0) is 66.8 Å². The first kappa shape index (κ1) is 74.6. The van der Waals surface area contributed by atoms with Gasteiger partial charge in [-0.05, 0) is 132 Å². The number of nitrogens with one attached hydrogen (secondary N) is 2. The van der Waals surface area contributed by atoms with Gasteiger partial charge in [0.15, 0.2) is 0 Å². The van der Waals surface area contributed by atoms with Crippen molar-refractivity contribution in [3.8, 4) is 0 Å². The topological polar surface area (TPSA) is 226 Å². The summed E-state index contributed by atoms with van der Waals surface area (Å²) in [5.41, 5.74) is -5.45. The molecule has 0 radical (unpaired) electrons. The van der Waals surface area contributed by atoms with E-state index in [2.05, 4.69) is 10.6 Å². The van der Waals surface area contributed by atoms with Crippen LogP contribution < -0.4 is 10.6 Å². The van der Waals surface area contributed by atoms with Crippen molar-refractivity contribution in [1.82, 2.24) is 25.3 Å². The molecule has 0 rings (SSSR count). The van der Waals surface area contributed by atoms with Crippen LogP contribution in [-0.4, -0.2) is 167 Å². The highest BCUT2D eigenvalue weighted by atomic mass is 16.6. The van der Waals surface area contributed by atoms with E-state index in [1.54, 1.807) is 125 Å². The van der Waals surface area contributed by atoms with Crippen molar-refractivity contribution in [2.24, 2.45) is 0 Å². The van der Waals surface area contributed by atoms with Gasteiger partial charge in [0, 0.05) is 13.1 Å². The molecule has 0 heterocycles. The predicted octanol–water partition coefficient (Wildman–Crippen LogP) is 6.65. The molecule has 414 valence electrons. The lowest BCUT2D eigenvalue weighted by Gasteiger charge is -2.33. The van der Waals surface area contributed by atoms with Crippen molar-refractivity contribution in [2.75, 3.05) is 59.4 Å². The quantitative estimate of drug-likeness (QED) is 0.0962. The zero-order valence-corrected chi connectivity index (χ0v) is 48.9. The number of hydrogen-bond acceptors (Lipinski definition) is 17. The summed E-state index contributed by atoms with van der Waals surface area (Å²) in [5, 5.41) is 5.27. The lowest BCUT2D eigenvalue weighted by Crippen LogP contribution is -2.55. The van der Waals surface area contributed by atoms with Crippen molar-refractivity contribution >= 4 is 47.6 Å². The molecule has 0 aromatic rings. The summed E-state index contributed by atoms with van der Waals surface area (Å²) >= 11 is 0. The van der Waals surface area contributed by atoms with Crippen LogP contribution in [0.5, 0.6) is 0 Å². The Kier molecular flexibility index (Phi) is 37.2. The molecule has 2 atom stereocenters. The summed E-state index contributed by atoms with van der Waals surface area (Å²) < 4.78 is 33.1. The number of ether oxygens (including phenoxy) is 6. The maximum Gasteiger partial charge on any atom is 0.325 e. The zero-order chi connectivity index (χ0) is 56.8. The third-order valence-electron chi connectivity index (χ3n) is 7.06. The molecule has 2 N–H and O–H groups in total. The summed E-state index contributed by atoms with van der Waals surface area (Å²) in [6.07, 6.45) is 0. The van der Waals surface area contributed by atoms with E-state index in [0.717, 1.165) is 0 Å². The molecule has 0 aliphatic carbocycles. The van der Waals surface area contributed by atoms with Gasteiger partial charge in [-0.3, -0.25) is 53.1 Å². The van der Waals surface area contributed by atoms with E-state index < -0.39 is 133 Å². The fourth-order valence-electron chi connectivity index (χ4n) is 5.25. The molecule has 2 unspecified atom stereocenters. The van der Waals surface area contributed by atoms with Crippen LogP contribution in [0.25, 0.3) is 0 Å². The molecule has 2 amide bonds. The lowest BCUT2D eigenvalue weighted by molar-refractivity contribution is -0.171. The van der Waals surface area contributed by atoms with Crippen LogP contribution in [0.2, 0.25) is 0 Å². The first-order chi connectivity index (χ1) is 31.6. The average Bonchev–Trinajstić information content (AvgIpc) is 3.13. The number of hydrogen-bond donors (Lipinski definition) is 2. The minimum absolute atomic E-state index is 0.356. The molecule has 0 aliphatic heterocycles. The Morgan fingerprint density at radius 2 is 0.529 bits per heavy atom. The minimum atomic E-state index is -1.35. The molecule has 0 aromatic heterocycles. The van der Waals surface area contributed by atoms with Gasteiger partial charge in [-0.1, -0.05) is 55.4 Å². The van der Waals surface area contributed by atoms with Gasteiger partial charge in [0.2, 0.25) is 11.8 Å². The van der Waals surface area contributed by atoms with Gasteiger partial charge < -0.3 is 39.1 Å². The number of nitrogens with zero attached hydrogens (tertiary/aromatic N) is 3. The molecule has 70 heavy (non-hydrogen) atoms. The minimum Gasteiger partial charge on any atom is -0.459 e. The van der Waals surface area contributed by atoms with Gasteiger partial charge in [-0.25, -0.2) is 0 Å². The molecule has 0 aliphatic rings. The number of carbonyl (C=O) groups excluding carboxylic acids is 8. The van der Waals surface area contributed by atoms with Crippen molar-refractivity contribution in [3.05, 3.63) is 0 Å². The Bertz CT molecular complexity index is 1390. The maximum atomic E-state index is 13.6. The molecular formula is C51H101N5O14. The second-order valence-corrected chi connectivity index (χ2v) is 21.0. The summed E-state index contributed by atoms with van der Waals surface area (Å²) in [7, 11) is 1.48. The first-order valence-electron chi connectivity index (χ1n) is 24.7. The van der Waals surface area contributed by atoms with E-state index in [1.807, 2.05) is 55.4 Å². The molecular weight excluding hydrogens is 907 g/mol. The van der Waals surface area contributed by atoms with E-state index in [-0.39, 0.29) is 13.1 Å². The normalized spacial score (nSPS) is 12.5. The third kappa shape index (κ3) is 43.6. The first-order valence-corrected chi connectivity index (χ1v) is 24.7. The van der Waals surface area contributed by atoms with Crippen LogP contribution in [0.1, 0.15) is 180 Å². The van der Waals surface area contributed by atoms with Crippen molar-refractivity contribution < 1.29 is 66.8 Å². The Morgan fingerprint density at radius 3 is 0.700 bits per heavy atom. The number of amides is 2. The van der Waals surface area contributed by atoms with E-state index in [4.69, 9.17) is 28.4 Å². The summed E-state index contributed by atoms with van der Waals surface area (Å²) in [6, 6.07) is -2.69. The zero-order valence-electron chi connectivity index (χ0n) is 48.9. The van der Waals surface area contributed by atoms with Crippen LogP contribution in [0.4, 0.5) is 0 Å². The number of rotatable bonds is 20. The fraction of sp³-hybridized carbons (Fsp3) is 0.843. The number of esters is 6. The highest BCUT2D eigenvalue weighted by molar-refractivity contribution is 5.85. The number of carbonyl (C=O) groups is 8. The number of likely N-dealkylation sites (N-methyl/N-ethyl adjacent to an activating group) is 1. The van der Waals surface area contributed by atoms with Gasteiger partial charge in [-0.15, -0.1) is 0 Å². The second-order valence-electron chi connectivity index (χ2n) is 21.0.